The van der Waals surface area contributed by atoms with Gasteiger partial charge in [-0.2, -0.15) is 87.8 Å². The van der Waals surface area contributed by atoms with Crippen molar-refractivity contribution in [1.82, 2.24) is 0 Å². The predicted octanol–water partition coefficient (Wildman–Crippen LogP) is 11.8. The summed E-state index contributed by atoms with van der Waals surface area (Å²) in [5.74, 6) is -20.3. The Morgan fingerprint density at radius 2 is 0.483 bits per heavy atom. The number of hydrogen-bond acceptors (Lipinski definition) is 4. The molecule has 0 aliphatic rings. The molecule has 0 aromatic heterocycles. The van der Waals surface area contributed by atoms with E-state index in [2.05, 4.69) is 9.47 Å². The van der Waals surface area contributed by atoms with Crippen molar-refractivity contribution in [2.45, 2.75) is 59.6 Å². The fourth-order valence-corrected chi connectivity index (χ4v) is 5.72. The Hall–Kier alpha value is -5.32. The van der Waals surface area contributed by atoms with Gasteiger partial charge in [-0.3, -0.25) is 0 Å². The molecular weight excluding hydrogens is 852 g/mol. The second-order valence-electron chi connectivity index (χ2n) is 12.0. The molecule has 0 amide bonds. The molecule has 0 saturated heterocycles. The maximum absolute atomic E-state index is 14.6. The molecule has 0 radical (unpaired) electrons. The first-order chi connectivity index (χ1) is 26.1. The van der Waals surface area contributed by atoms with Crippen molar-refractivity contribution in [3.63, 3.8) is 0 Å². The van der Waals surface area contributed by atoms with Crippen molar-refractivity contribution in [2.24, 2.45) is 0 Å². The topological polar surface area (TPSA) is 58.9 Å². The average Bonchev–Trinajstić information content (AvgIpc) is 3.05. The highest BCUT2D eigenvalue weighted by Gasteiger charge is 2.84. The summed E-state index contributed by atoms with van der Waals surface area (Å²) in [5.41, 5.74) is -17.0. The normalized spacial score (nSPS) is 14.3. The summed E-state index contributed by atoms with van der Waals surface area (Å²) < 4.78 is 294. The largest absolute Gasteiger partial charge is 0.508 e. The number of benzene rings is 4. The van der Waals surface area contributed by atoms with Crippen LogP contribution < -0.4 is 9.47 Å². The Morgan fingerprint density at radius 3 is 0.672 bits per heavy atom. The lowest BCUT2D eigenvalue weighted by Crippen LogP contribution is -2.65. The lowest BCUT2D eigenvalue weighted by atomic mass is 9.73. The van der Waals surface area contributed by atoms with Crippen molar-refractivity contribution in [3.8, 4) is 23.0 Å². The molecule has 0 heterocycles. The van der Waals surface area contributed by atoms with Gasteiger partial charge in [0, 0.05) is 0 Å². The molecule has 0 aliphatic heterocycles. The summed E-state index contributed by atoms with van der Waals surface area (Å²) in [5, 5.41) is 18.6. The molecule has 0 fully saturated rings. The van der Waals surface area contributed by atoms with Crippen LogP contribution in [0.25, 0.3) is 0 Å². The molecule has 4 rings (SSSR count). The van der Waals surface area contributed by atoms with E-state index in [0.29, 0.717) is 24.3 Å². The molecular formula is C34H18F20O4. The van der Waals surface area contributed by atoms with E-state index in [-0.39, 0.29) is 72.8 Å². The fraction of sp³-hybridized carbons (Fsp3) is 0.294. The van der Waals surface area contributed by atoms with Crippen molar-refractivity contribution < 1.29 is 107 Å². The third-order valence-corrected chi connectivity index (χ3v) is 8.49. The van der Waals surface area contributed by atoms with Crippen LogP contribution in [0.5, 0.6) is 23.0 Å². The van der Waals surface area contributed by atoms with Crippen LogP contribution in [-0.2, 0) is 10.8 Å². The highest BCUT2D eigenvalue weighted by molar-refractivity contribution is 5.48. The van der Waals surface area contributed by atoms with Gasteiger partial charge in [0.1, 0.15) is 23.0 Å². The SMILES string of the molecule is Oc1ccc(C(c2ccc(OC(F)(F)C(F)(F)C(F)(F)C(F)(F)Oc3ccc(C(c4ccc(O)cc4)(C(F)(F)F)C(F)(F)F)cc3)cc2)(C(F)(F)F)C(F)(F)F)cc1. The number of halogens is 20. The van der Waals surface area contributed by atoms with Crippen molar-refractivity contribution in [1.29, 1.82) is 0 Å². The van der Waals surface area contributed by atoms with Gasteiger partial charge >= 0.3 is 48.8 Å². The molecule has 4 aromatic rings. The van der Waals surface area contributed by atoms with E-state index in [4.69, 9.17) is 0 Å². The highest BCUT2D eigenvalue weighted by Crippen LogP contribution is 2.59. The van der Waals surface area contributed by atoms with Crippen LogP contribution in [0.2, 0.25) is 0 Å². The van der Waals surface area contributed by atoms with E-state index in [9.17, 15) is 98.0 Å². The molecule has 0 aliphatic carbocycles. The van der Waals surface area contributed by atoms with E-state index in [1.807, 2.05) is 0 Å². The van der Waals surface area contributed by atoms with Gasteiger partial charge in [0.25, 0.3) is 0 Å². The Kier molecular flexibility index (Phi) is 11.1. The van der Waals surface area contributed by atoms with Gasteiger partial charge in [-0.25, -0.2) is 0 Å². The quantitative estimate of drug-likeness (QED) is 0.147. The third kappa shape index (κ3) is 7.21. The third-order valence-electron chi connectivity index (χ3n) is 8.49. The molecule has 318 valence electrons. The summed E-state index contributed by atoms with van der Waals surface area (Å²) in [6, 6.07) is 0.157. The van der Waals surface area contributed by atoms with Crippen molar-refractivity contribution in [2.75, 3.05) is 0 Å². The molecule has 4 nitrogen and oxygen atoms in total. The van der Waals surface area contributed by atoms with Crippen LogP contribution in [0.4, 0.5) is 87.8 Å². The van der Waals surface area contributed by atoms with Crippen LogP contribution in [0.15, 0.2) is 97.1 Å². The minimum Gasteiger partial charge on any atom is -0.508 e. The molecule has 0 saturated carbocycles. The van der Waals surface area contributed by atoms with E-state index in [1.165, 1.54) is 0 Å². The number of phenolic OH excluding ortho intramolecular Hbond substituents is 2. The Balaban J connectivity index is 1.67. The van der Waals surface area contributed by atoms with E-state index >= 15 is 0 Å². The lowest BCUT2D eigenvalue weighted by Gasteiger charge is -2.38. The predicted molar refractivity (Wildman–Crippen MR) is 156 cm³/mol. The zero-order valence-electron chi connectivity index (χ0n) is 27.5. The van der Waals surface area contributed by atoms with Gasteiger partial charge in [-0.1, -0.05) is 48.5 Å². The van der Waals surface area contributed by atoms with Crippen LogP contribution in [0.1, 0.15) is 22.3 Å². The maximum atomic E-state index is 14.6. The summed E-state index contributed by atoms with van der Waals surface area (Å²) in [6.07, 6.45) is -39.0. The summed E-state index contributed by atoms with van der Waals surface area (Å²) in [4.78, 5) is 0. The van der Waals surface area contributed by atoms with Gasteiger partial charge in [0.2, 0.25) is 10.8 Å². The van der Waals surface area contributed by atoms with Crippen LogP contribution in [0, 0.1) is 0 Å². The van der Waals surface area contributed by atoms with Crippen LogP contribution in [-0.4, -0.2) is 59.0 Å². The van der Waals surface area contributed by atoms with E-state index in [0.717, 1.165) is 0 Å². The summed E-state index contributed by atoms with van der Waals surface area (Å²) in [7, 11) is 0. The van der Waals surface area contributed by atoms with E-state index < -0.39 is 105 Å². The number of alkyl halides is 20. The molecule has 4 aromatic carbocycles. The highest BCUT2D eigenvalue weighted by atomic mass is 19.4. The van der Waals surface area contributed by atoms with Gasteiger partial charge in [-0.15, -0.1) is 0 Å². The molecule has 0 unspecified atom stereocenters. The van der Waals surface area contributed by atoms with Crippen molar-refractivity contribution >= 4 is 0 Å². The first-order valence-corrected chi connectivity index (χ1v) is 15.1. The van der Waals surface area contributed by atoms with Gasteiger partial charge < -0.3 is 19.7 Å². The molecule has 0 bridgehead atoms. The number of ether oxygens (including phenoxy) is 2. The smallest absolute Gasteiger partial charge is 0.471 e. The molecule has 2 N–H and O–H groups in total. The Bertz CT molecular complexity index is 1860. The zero-order valence-corrected chi connectivity index (χ0v) is 27.5. The van der Waals surface area contributed by atoms with Gasteiger partial charge in [0.15, 0.2) is 0 Å². The number of hydrogen-bond donors (Lipinski definition) is 2. The number of rotatable bonds is 11. The van der Waals surface area contributed by atoms with Gasteiger partial charge in [0.05, 0.1) is 0 Å². The van der Waals surface area contributed by atoms with Gasteiger partial charge in [-0.05, 0) is 70.8 Å². The monoisotopic (exact) mass is 870 g/mol. The lowest BCUT2D eigenvalue weighted by molar-refractivity contribution is -0.437. The summed E-state index contributed by atoms with van der Waals surface area (Å²) in [6.45, 7) is 0. The molecule has 58 heavy (non-hydrogen) atoms. The first-order valence-electron chi connectivity index (χ1n) is 15.1. The second-order valence-corrected chi connectivity index (χ2v) is 12.0. The van der Waals surface area contributed by atoms with E-state index in [1.54, 1.807) is 0 Å². The minimum atomic E-state index is -7.45. The van der Waals surface area contributed by atoms with Crippen LogP contribution >= 0.6 is 0 Å². The maximum Gasteiger partial charge on any atom is 0.471 e. The molecule has 24 heteroatoms. The second kappa shape index (κ2) is 14.2. The number of phenols is 2. The van der Waals surface area contributed by atoms with Crippen LogP contribution in [0.3, 0.4) is 0 Å². The Labute approximate surface area is 309 Å². The molecule has 0 atom stereocenters. The fourth-order valence-electron chi connectivity index (χ4n) is 5.72. The summed E-state index contributed by atoms with van der Waals surface area (Å²) >= 11 is 0. The Morgan fingerprint density at radius 1 is 0.293 bits per heavy atom. The van der Waals surface area contributed by atoms with Crippen molar-refractivity contribution in [3.05, 3.63) is 119 Å². The minimum absolute atomic E-state index is 0.171. The average molecular weight is 870 g/mol. The standard InChI is InChI=1S/C34H18F20O4/c35-27(36,33(51,52)57-23-13-5-19(6-14-23)25(29(39,40)41,30(42,43)44)17-1-9-21(55)10-2-17)28(37,38)34(53,54)58-24-15-7-20(8-16-24)26(31(45,46)47,32(48,49)50)18-3-11-22(56)12-4-18/h1-16,55-56H. The molecule has 0 spiro atoms. The first kappa shape index (κ1) is 45.4. The zero-order chi connectivity index (χ0) is 44.3. The number of aromatic hydroxyl groups is 2.